The maximum absolute atomic E-state index is 12.6. The summed E-state index contributed by atoms with van der Waals surface area (Å²) in [5, 5.41) is 9.61. The third-order valence-corrected chi connectivity index (χ3v) is 6.74. The van der Waals surface area contributed by atoms with E-state index in [1.165, 1.54) is 23.5 Å². The summed E-state index contributed by atoms with van der Waals surface area (Å²) in [4.78, 5) is 20.0. The summed E-state index contributed by atoms with van der Waals surface area (Å²) in [6.45, 7) is 4.79. The van der Waals surface area contributed by atoms with Crippen molar-refractivity contribution in [1.29, 1.82) is 0 Å². The Morgan fingerprint density at radius 3 is 2.77 bits per heavy atom. The molecule has 188 valence electrons. The van der Waals surface area contributed by atoms with Crippen molar-refractivity contribution >= 4 is 32.7 Å². The first-order valence-electron chi connectivity index (χ1n) is 11.3. The number of aromatic nitrogens is 1. The number of alkyl halides is 3. The van der Waals surface area contributed by atoms with Crippen LogP contribution in [0.3, 0.4) is 0 Å². The highest BCUT2D eigenvalue weighted by molar-refractivity contribution is 7.22. The second-order valence-corrected chi connectivity index (χ2v) is 9.38. The summed E-state index contributed by atoms with van der Waals surface area (Å²) in [6, 6.07) is 11.9. The van der Waals surface area contributed by atoms with Gasteiger partial charge in [0.05, 0.1) is 10.2 Å². The van der Waals surface area contributed by atoms with Crippen molar-refractivity contribution < 1.29 is 32.5 Å². The van der Waals surface area contributed by atoms with Crippen LogP contribution < -0.4 is 14.4 Å². The summed E-state index contributed by atoms with van der Waals surface area (Å²) in [5.74, 6) is -0.741. The van der Waals surface area contributed by atoms with Crippen LogP contribution in [0.15, 0.2) is 42.5 Å². The van der Waals surface area contributed by atoms with Gasteiger partial charge in [0.1, 0.15) is 11.5 Å². The predicted molar refractivity (Wildman–Crippen MR) is 127 cm³/mol. The molecule has 0 unspecified atom stereocenters. The molecule has 1 N–H and O–H groups in total. The molecule has 1 atom stereocenters. The van der Waals surface area contributed by atoms with E-state index in [1.54, 1.807) is 12.1 Å². The fraction of sp³-hybridized carbons (Fsp3) is 0.417. The minimum absolute atomic E-state index is 0.214. The molecule has 4 rings (SSSR count). The SMILES string of the molecule is CCC[C@@H]1CN(Cc2cccc(OCC(=O)O)c2)CCN1c1nc2ccc(OC(F)(F)F)cc2s1. The number of hydrogen-bond acceptors (Lipinski definition) is 7. The summed E-state index contributed by atoms with van der Waals surface area (Å²) in [6.07, 6.45) is -2.79. The van der Waals surface area contributed by atoms with Crippen LogP contribution in [0.4, 0.5) is 18.3 Å². The summed E-state index contributed by atoms with van der Waals surface area (Å²) >= 11 is 1.37. The highest BCUT2D eigenvalue weighted by atomic mass is 32.1. The number of carboxylic acids is 1. The molecule has 0 amide bonds. The lowest BCUT2D eigenvalue weighted by atomic mass is 10.1. The number of aliphatic carboxylic acids is 1. The molecule has 0 saturated carbocycles. The number of rotatable bonds is 9. The Bertz CT molecular complexity index is 1170. The van der Waals surface area contributed by atoms with E-state index >= 15 is 0 Å². The van der Waals surface area contributed by atoms with Crippen LogP contribution in [0.1, 0.15) is 25.3 Å². The van der Waals surface area contributed by atoms with E-state index in [0.29, 0.717) is 22.5 Å². The monoisotopic (exact) mass is 509 g/mol. The number of carboxylic acid groups (broad SMARTS) is 1. The summed E-state index contributed by atoms with van der Waals surface area (Å²) in [7, 11) is 0. The minimum Gasteiger partial charge on any atom is -0.482 e. The normalized spacial score (nSPS) is 17.0. The first-order chi connectivity index (χ1) is 16.7. The number of piperazine rings is 1. The molecule has 0 aliphatic carbocycles. The fourth-order valence-electron chi connectivity index (χ4n) is 4.25. The molecule has 0 spiro atoms. The van der Waals surface area contributed by atoms with Crippen molar-refractivity contribution in [3.8, 4) is 11.5 Å². The zero-order valence-electron chi connectivity index (χ0n) is 19.1. The number of carbonyl (C=O) groups is 1. The van der Waals surface area contributed by atoms with E-state index in [4.69, 9.17) is 9.84 Å². The Labute approximate surface area is 204 Å². The first kappa shape index (κ1) is 25.1. The van der Waals surface area contributed by atoms with Crippen LogP contribution in [0.5, 0.6) is 11.5 Å². The van der Waals surface area contributed by atoms with Crippen LogP contribution in [-0.2, 0) is 11.3 Å². The number of fused-ring (bicyclic) bond motifs is 1. The van der Waals surface area contributed by atoms with Crippen molar-refractivity contribution in [2.45, 2.75) is 38.7 Å². The maximum Gasteiger partial charge on any atom is 0.573 e. The third kappa shape index (κ3) is 6.76. The molecule has 1 fully saturated rings. The van der Waals surface area contributed by atoms with Gasteiger partial charge >= 0.3 is 12.3 Å². The van der Waals surface area contributed by atoms with E-state index in [-0.39, 0.29) is 18.4 Å². The number of benzene rings is 2. The Hall–Kier alpha value is -3.05. The van der Waals surface area contributed by atoms with Crippen LogP contribution in [0, 0.1) is 0 Å². The van der Waals surface area contributed by atoms with Gasteiger partial charge in [-0.05, 0) is 36.2 Å². The highest BCUT2D eigenvalue weighted by Crippen LogP contribution is 2.35. The molecular weight excluding hydrogens is 483 g/mol. The first-order valence-corrected chi connectivity index (χ1v) is 12.1. The minimum atomic E-state index is -4.73. The number of nitrogens with zero attached hydrogens (tertiary/aromatic N) is 3. The zero-order valence-corrected chi connectivity index (χ0v) is 19.9. The standard InChI is InChI=1S/C24H26F3N3O4S/c1-2-4-17-14-29(13-16-5-3-6-18(11-16)33-15-22(31)32)9-10-30(17)23-28-20-8-7-19(12-21(20)35-23)34-24(25,26)27/h3,5-8,11-12,17H,2,4,9-10,13-15H2,1H3,(H,31,32)/t17-/m1/s1. The number of hydrogen-bond donors (Lipinski definition) is 1. The molecule has 11 heteroatoms. The molecule has 3 aromatic rings. The zero-order chi connectivity index (χ0) is 25.0. The lowest BCUT2D eigenvalue weighted by molar-refractivity contribution is -0.274. The molecule has 7 nitrogen and oxygen atoms in total. The van der Waals surface area contributed by atoms with Crippen LogP contribution >= 0.6 is 11.3 Å². The van der Waals surface area contributed by atoms with Gasteiger partial charge in [-0.1, -0.05) is 36.8 Å². The summed E-state index contributed by atoms with van der Waals surface area (Å²) in [5.41, 5.74) is 1.68. The van der Waals surface area contributed by atoms with Crippen LogP contribution in [0.2, 0.25) is 0 Å². The van der Waals surface area contributed by atoms with E-state index in [2.05, 4.69) is 26.4 Å². The van der Waals surface area contributed by atoms with Gasteiger partial charge in [-0.2, -0.15) is 0 Å². The lowest BCUT2D eigenvalue weighted by Crippen LogP contribution is -2.52. The Balaban J connectivity index is 1.45. The Morgan fingerprint density at radius 2 is 2.03 bits per heavy atom. The maximum atomic E-state index is 12.6. The van der Waals surface area contributed by atoms with Gasteiger partial charge in [0, 0.05) is 38.3 Å². The lowest BCUT2D eigenvalue weighted by Gasteiger charge is -2.41. The van der Waals surface area contributed by atoms with Crippen molar-refractivity contribution in [3.63, 3.8) is 0 Å². The van der Waals surface area contributed by atoms with Gasteiger partial charge in [-0.15, -0.1) is 13.2 Å². The van der Waals surface area contributed by atoms with Gasteiger partial charge in [0.25, 0.3) is 0 Å². The van der Waals surface area contributed by atoms with E-state index in [1.807, 2.05) is 18.2 Å². The second-order valence-electron chi connectivity index (χ2n) is 8.37. The number of ether oxygens (including phenoxy) is 2. The quantitative estimate of drug-likeness (QED) is 0.428. The van der Waals surface area contributed by atoms with Gasteiger partial charge < -0.3 is 19.5 Å². The molecule has 1 aliphatic heterocycles. The number of halogens is 3. The van der Waals surface area contributed by atoms with E-state index < -0.39 is 12.3 Å². The van der Waals surface area contributed by atoms with Crippen LogP contribution in [0.25, 0.3) is 10.2 Å². The molecule has 2 aromatic carbocycles. The Kier molecular flexibility index (Phi) is 7.66. The predicted octanol–water partition coefficient (Wildman–Crippen LogP) is 5.15. The smallest absolute Gasteiger partial charge is 0.482 e. The molecule has 1 saturated heterocycles. The van der Waals surface area contributed by atoms with Crippen molar-refractivity contribution in [2.24, 2.45) is 0 Å². The van der Waals surface area contributed by atoms with Crippen molar-refractivity contribution in [2.75, 3.05) is 31.1 Å². The van der Waals surface area contributed by atoms with E-state index in [9.17, 15) is 18.0 Å². The van der Waals surface area contributed by atoms with Crippen molar-refractivity contribution in [3.05, 3.63) is 48.0 Å². The van der Waals surface area contributed by atoms with E-state index in [0.717, 1.165) is 43.2 Å². The molecule has 35 heavy (non-hydrogen) atoms. The largest absolute Gasteiger partial charge is 0.573 e. The molecule has 2 heterocycles. The number of thiazole rings is 1. The van der Waals surface area contributed by atoms with Crippen molar-refractivity contribution in [1.82, 2.24) is 9.88 Å². The third-order valence-electron chi connectivity index (χ3n) is 5.68. The number of anilines is 1. The molecular formula is C24H26F3N3O4S. The van der Waals surface area contributed by atoms with Gasteiger partial charge in [-0.25, -0.2) is 9.78 Å². The average molecular weight is 510 g/mol. The second kappa shape index (κ2) is 10.7. The highest BCUT2D eigenvalue weighted by Gasteiger charge is 2.32. The average Bonchev–Trinajstić information content (AvgIpc) is 3.20. The molecule has 0 bridgehead atoms. The van der Waals surface area contributed by atoms with Gasteiger partial charge in [0.15, 0.2) is 11.7 Å². The van der Waals surface area contributed by atoms with Gasteiger partial charge in [-0.3, -0.25) is 4.90 Å². The molecule has 1 aliphatic rings. The summed E-state index contributed by atoms with van der Waals surface area (Å²) < 4.78 is 47.7. The molecule has 1 aromatic heterocycles. The molecule has 0 radical (unpaired) electrons. The van der Waals surface area contributed by atoms with Gasteiger partial charge in [0.2, 0.25) is 0 Å². The van der Waals surface area contributed by atoms with Crippen LogP contribution in [-0.4, -0.2) is 59.6 Å². The fourth-order valence-corrected chi connectivity index (χ4v) is 5.34. The topological polar surface area (TPSA) is 75.1 Å². The Morgan fingerprint density at radius 1 is 1.20 bits per heavy atom.